The van der Waals surface area contributed by atoms with E-state index in [2.05, 4.69) is 5.10 Å². The van der Waals surface area contributed by atoms with Gasteiger partial charge in [0.25, 0.3) is 0 Å². The molecule has 21 heavy (non-hydrogen) atoms. The third kappa shape index (κ3) is 3.26. The van der Waals surface area contributed by atoms with E-state index in [4.69, 9.17) is 11.6 Å². The van der Waals surface area contributed by atoms with E-state index in [0.717, 1.165) is 35.9 Å². The van der Waals surface area contributed by atoms with Crippen molar-refractivity contribution >= 4 is 11.6 Å². The Morgan fingerprint density at radius 1 is 1.24 bits per heavy atom. The lowest BCUT2D eigenvalue weighted by molar-refractivity contribution is 0.552. The second kappa shape index (κ2) is 6.56. The molecule has 1 aromatic heterocycles. The van der Waals surface area contributed by atoms with Crippen LogP contribution in [0.2, 0.25) is 0 Å². The Hall–Kier alpha value is -1.42. The molecule has 2 aromatic rings. The van der Waals surface area contributed by atoms with Crippen LogP contribution < -0.4 is 0 Å². The van der Waals surface area contributed by atoms with E-state index in [1.807, 2.05) is 20.8 Å². The van der Waals surface area contributed by atoms with Crippen LogP contribution in [0.3, 0.4) is 0 Å². The fourth-order valence-electron chi connectivity index (χ4n) is 2.60. The summed E-state index contributed by atoms with van der Waals surface area (Å²) in [5.74, 6) is -1.12. The number of aromatic nitrogens is 2. The maximum Gasteiger partial charge on any atom is 0.131 e. The van der Waals surface area contributed by atoms with Crippen molar-refractivity contribution in [2.45, 2.75) is 45.5 Å². The molecule has 0 radical (unpaired) electrons. The first-order valence-corrected chi connectivity index (χ1v) is 7.57. The van der Waals surface area contributed by atoms with Crippen molar-refractivity contribution in [3.63, 3.8) is 0 Å². The molecule has 2 rings (SSSR count). The minimum absolute atomic E-state index is 0.137. The summed E-state index contributed by atoms with van der Waals surface area (Å²) < 4.78 is 28.6. The number of alkyl halides is 1. The molecule has 1 heterocycles. The Labute approximate surface area is 128 Å². The van der Waals surface area contributed by atoms with Gasteiger partial charge >= 0.3 is 0 Å². The highest BCUT2D eigenvalue weighted by Gasteiger charge is 2.19. The van der Waals surface area contributed by atoms with E-state index in [9.17, 15) is 8.78 Å². The molecule has 2 nitrogen and oxygen atoms in total. The highest BCUT2D eigenvalue weighted by atomic mass is 35.5. The van der Waals surface area contributed by atoms with Crippen LogP contribution in [0.1, 0.15) is 48.7 Å². The summed E-state index contributed by atoms with van der Waals surface area (Å²) in [7, 11) is 0. The van der Waals surface area contributed by atoms with Crippen LogP contribution in [-0.4, -0.2) is 9.78 Å². The SMILES string of the molecule is CCc1nn(Cc2ccc(F)cc2F)c(CC)c1C(C)Cl. The fourth-order valence-corrected chi connectivity index (χ4v) is 2.85. The average Bonchev–Trinajstić information content (AvgIpc) is 2.79. The Balaban J connectivity index is 2.44. The van der Waals surface area contributed by atoms with Gasteiger partial charge in [-0.15, -0.1) is 11.6 Å². The maximum atomic E-state index is 13.8. The normalized spacial score (nSPS) is 12.7. The van der Waals surface area contributed by atoms with Crippen molar-refractivity contribution in [3.8, 4) is 0 Å². The van der Waals surface area contributed by atoms with E-state index in [-0.39, 0.29) is 11.9 Å². The van der Waals surface area contributed by atoms with Crippen LogP contribution in [0, 0.1) is 11.6 Å². The predicted octanol–water partition coefficient (Wildman–Crippen LogP) is 4.63. The van der Waals surface area contributed by atoms with Crippen molar-refractivity contribution < 1.29 is 8.78 Å². The lowest BCUT2D eigenvalue weighted by atomic mass is 10.1. The number of aryl methyl sites for hydroxylation is 1. The summed E-state index contributed by atoms with van der Waals surface area (Å²) in [6, 6.07) is 3.62. The molecule has 0 aliphatic carbocycles. The third-order valence-electron chi connectivity index (χ3n) is 3.58. The minimum atomic E-state index is -0.572. The minimum Gasteiger partial charge on any atom is -0.264 e. The second-order valence-electron chi connectivity index (χ2n) is 5.02. The number of benzene rings is 1. The Bertz CT molecular complexity index is 635. The number of rotatable bonds is 5. The summed E-state index contributed by atoms with van der Waals surface area (Å²) in [5.41, 5.74) is 3.41. The Kier molecular flexibility index (Phi) is 4.99. The summed E-state index contributed by atoms with van der Waals surface area (Å²) in [6.07, 6.45) is 1.54. The quantitative estimate of drug-likeness (QED) is 0.736. The predicted molar refractivity (Wildman–Crippen MR) is 80.7 cm³/mol. The zero-order chi connectivity index (χ0) is 15.6. The molecule has 0 aliphatic heterocycles. The van der Waals surface area contributed by atoms with E-state index in [0.29, 0.717) is 5.56 Å². The molecule has 5 heteroatoms. The van der Waals surface area contributed by atoms with Crippen molar-refractivity contribution in [2.24, 2.45) is 0 Å². The number of hydrogen-bond acceptors (Lipinski definition) is 1. The van der Waals surface area contributed by atoms with Crippen molar-refractivity contribution in [1.29, 1.82) is 0 Å². The van der Waals surface area contributed by atoms with Crippen molar-refractivity contribution in [2.75, 3.05) is 0 Å². The van der Waals surface area contributed by atoms with Gasteiger partial charge < -0.3 is 0 Å². The first kappa shape index (κ1) is 16.0. The van der Waals surface area contributed by atoms with Gasteiger partial charge in [0, 0.05) is 22.9 Å². The van der Waals surface area contributed by atoms with Gasteiger partial charge in [0.1, 0.15) is 11.6 Å². The third-order valence-corrected chi connectivity index (χ3v) is 3.80. The van der Waals surface area contributed by atoms with Gasteiger partial charge in [-0.2, -0.15) is 5.10 Å². The van der Waals surface area contributed by atoms with Gasteiger partial charge in [-0.3, -0.25) is 4.68 Å². The maximum absolute atomic E-state index is 13.8. The monoisotopic (exact) mass is 312 g/mol. The molecule has 0 saturated heterocycles. The van der Waals surface area contributed by atoms with Crippen molar-refractivity contribution in [3.05, 3.63) is 52.3 Å². The van der Waals surface area contributed by atoms with Crippen molar-refractivity contribution in [1.82, 2.24) is 9.78 Å². The molecule has 0 spiro atoms. The van der Waals surface area contributed by atoms with Crippen LogP contribution >= 0.6 is 11.6 Å². The van der Waals surface area contributed by atoms with E-state index >= 15 is 0 Å². The van der Waals surface area contributed by atoms with E-state index in [1.165, 1.54) is 12.1 Å². The summed E-state index contributed by atoms with van der Waals surface area (Å²) in [5, 5.41) is 4.41. The van der Waals surface area contributed by atoms with Gasteiger partial charge in [-0.05, 0) is 25.8 Å². The van der Waals surface area contributed by atoms with Crippen LogP contribution in [0.4, 0.5) is 8.78 Å². The van der Waals surface area contributed by atoms with Gasteiger partial charge in [-0.25, -0.2) is 8.78 Å². The summed E-state index contributed by atoms with van der Waals surface area (Å²) >= 11 is 6.26. The van der Waals surface area contributed by atoms with Crippen LogP contribution in [0.5, 0.6) is 0 Å². The molecular weight excluding hydrogens is 294 g/mol. The number of nitrogens with zero attached hydrogens (tertiary/aromatic N) is 2. The smallest absolute Gasteiger partial charge is 0.131 e. The zero-order valence-corrected chi connectivity index (χ0v) is 13.2. The van der Waals surface area contributed by atoms with E-state index in [1.54, 1.807) is 4.68 Å². The van der Waals surface area contributed by atoms with Crippen LogP contribution in [0.15, 0.2) is 18.2 Å². The standard InChI is InChI=1S/C16H19ClF2N2/c1-4-14-16(10(3)17)15(5-2)21(20-14)9-11-6-7-12(18)8-13(11)19/h6-8,10H,4-5,9H2,1-3H3. The molecule has 0 amide bonds. The molecule has 0 N–H and O–H groups in total. The highest BCUT2D eigenvalue weighted by molar-refractivity contribution is 6.20. The van der Waals surface area contributed by atoms with E-state index < -0.39 is 11.6 Å². The summed E-state index contributed by atoms with van der Waals surface area (Å²) in [4.78, 5) is 0. The lowest BCUT2D eigenvalue weighted by Crippen LogP contribution is -2.08. The molecule has 0 saturated carbocycles. The highest BCUT2D eigenvalue weighted by Crippen LogP contribution is 2.28. The zero-order valence-electron chi connectivity index (χ0n) is 12.5. The molecule has 0 fully saturated rings. The molecule has 114 valence electrons. The Morgan fingerprint density at radius 3 is 2.48 bits per heavy atom. The number of halogens is 3. The molecule has 1 aromatic carbocycles. The largest absolute Gasteiger partial charge is 0.264 e. The molecule has 0 aliphatic rings. The molecule has 1 unspecified atom stereocenters. The topological polar surface area (TPSA) is 17.8 Å². The van der Waals surface area contributed by atoms with Gasteiger partial charge in [0.15, 0.2) is 0 Å². The van der Waals surface area contributed by atoms with Crippen LogP contribution in [0.25, 0.3) is 0 Å². The Morgan fingerprint density at radius 2 is 1.95 bits per heavy atom. The van der Waals surface area contributed by atoms with Gasteiger partial charge in [0.05, 0.1) is 17.6 Å². The first-order valence-electron chi connectivity index (χ1n) is 7.14. The van der Waals surface area contributed by atoms with Crippen LogP contribution in [-0.2, 0) is 19.4 Å². The summed E-state index contributed by atoms with van der Waals surface area (Å²) in [6.45, 7) is 6.25. The molecule has 1 atom stereocenters. The molecule has 0 bridgehead atoms. The second-order valence-corrected chi connectivity index (χ2v) is 5.68. The number of hydrogen-bond donors (Lipinski definition) is 0. The first-order chi connectivity index (χ1) is 9.97. The molecular formula is C16H19ClF2N2. The lowest BCUT2D eigenvalue weighted by Gasteiger charge is -2.10. The fraction of sp³-hybridized carbons (Fsp3) is 0.438. The van der Waals surface area contributed by atoms with Gasteiger partial charge in [-0.1, -0.05) is 19.9 Å². The van der Waals surface area contributed by atoms with Gasteiger partial charge in [0.2, 0.25) is 0 Å². The average molecular weight is 313 g/mol.